The van der Waals surface area contributed by atoms with E-state index in [-0.39, 0.29) is 5.82 Å². The molecular formula is C27H22FN3O3. The van der Waals surface area contributed by atoms with Crippen LogP contribution < -0.4 is 10.9 Å². The number of halogens is 1. The number of aromatic amines is 1. The van der Waals surface area contributed by atoms with E-state index in [1.165, 1.54) is 18.2 Å². The Labute approximate surface area is 194 Å². The fourth-order valence-corrected chi connectivity index (χ4v) is 3.95. The molecule has 3 aromatic carbocycles. The van der Waals surface area contributed by atoms with E-state index < -0.39 is 11.2 Å². The van der Waals surface area contributed by atoms with Crippen LogP contribution in [0.3, 0.4) is 0 Å². The van der Waals surface area contributed by atoms with E-state index in [2.05, 4.69) is 15.3 Å². The maximum absolute atomic E-state index is 13.3. The zero-order chi connectivity index (χ0) is 23.7. The molecule has 2 aromatic heterocycles. The Kier molecular flexibility index (Phi) is 5.47. The number of H-pyrrole nitrogens is 1. The summed E-state index contributed by atoms with van der Waals surface area (Å²) in [7, 11) is 0. The molecule has 6 nitrogen and oxygen atoms in total. The van der Waals surface area contributed by atoms with Crippen molar-refractivity contribution in [1.82, 2.24) is 9.97 Å². The molecule has 0 aliphatic carbocycles. The Morgan fingerprint density at radius 3 is 2.59 bits per heavy atom. The van der Waals surface area contributed by atoms with Gasteiger partial charge in [-0.1, -0.05) is 54.6 Å². The number of rotatable bonds is 6. The van der Waals surface area contributed by atoms with E-state index in [0.717, 1.165) is 22.1 Å². The molecule has 170 valence electrons. The van der Waals surface area contributed by atoms with Gasteiger partial charge in [0.25, 0.3) is 0 Å². The highest BCUT2D eigenvalue weighted by atomic mass is 19.1. The van der Waals surface area contributed by atoms with Gasteiger partial charge in [0.05, 0.1) is 11.9 Å². The lowest BCUT2D eigenvalue weighted by Crippen LogP contribution is -2.23. The summed E-state index contributed by atoms with van der Waals surface area (Å²) in [6, 6.07) is 22.4. The second kappa shape index (κ2) is 8.61. The molecule has 2 heterocycles. The first-order valence-corrected chi connectivity index (χ1v) is 10.8. The second-order valence-corrected chi connectivity index (χ2v) is 8.25. The van der Waals surface area contributed by atoms with Crippen LogP contribution in [0.1, 0.15) is 23.7 Å². The quantitative estimate of drug-likeness (QED) is 0.307. The number of anilines is 1. The molecule has 3 N–H and O–H groups in total. The van der Waals surface area contributed by atoms with E-state index in [0.29, 0.717) is 29.3 Å². The normalized spacial score (nSPS) is 13.0. The average molecular weight is 455 g/mol. The van der Waals surface area contributed by atoms with E-state index in [1.54, 1.807) is 31.3 Å². The zero-order valence-electron chi connectivity index (χ0n) is 18.4. The summed E-state index contributed by atoms with van der Waals surface area (Å²) in [5.74, 6) is 0.170. The number of fused-ring (bicyclic) bond motifs is 1. The van der Waals surface area contributed by atoms with Crippen LogP contribution in [0.25, 0.3) is 22.1 Å². The number of aliphatic hydroxyl groups is 1. The van der Waals surface area contributed by atoms with Crippen molar-refractivity contribution in [3.05, 3.63) is 118 Å². The van der Waals surface area contributed by atoms with Crippen molar-refractivity contribution in [1.29, 1.82) is 0 Å². The van der Waals surface area contributed by atoms with Gasteiger partial charge in [0.2, 0.25) is 5.95 Å². The molecule has 0 aliphatic heterocycles. The molecule has 0 saturated carbocycles. The number of hydrogen-bond acceptors (Lipinski definition) is 5. The SMILES string of the molecule is CC(O)(c1ccccc1)c1cnc(NCc2ccc3c(-c4ccc(F)cc4)cc(=O)oc3c2)[nH]1. The van der Waals surface area contributed by atoms with Crippen LogP contribution in [0.4, 0.5) is 10.3 Å². The number of nitrogens with one attached hydrogen (secondary N) is 2. The molecule has 5 rings (SSSR count). The van der Waals surface area contributed by atoms with Gasteiger partial charge in [-0.2, -0.15) is 0 Å². The molecular weight excluding hydrogens is 433 g/mol. The maximum Gasteiger partial charge on any atom is 0.336 e. The van der Waals surface area contributed by atoms with E-state index in [9.17, 15) is 14.3 Å². The van der Waals surface area contributed by atoms with Gasteiger partial charge < -0.3 is 19.8 Å². The van der Waals surface area contributed by atoms with Crippen molar-refractivity contribution in [2.24, 2.45) is 0 Å². The molecule has 0 amide bonds. The van der Waals surface area contributed by atoms with Gasteiger partial charge in [-0.15, -0.1) is 0 Å². The molecule has 0 aliphatic rings. The molecule has 34 heavy (non-hydrogen) atoms. The van der Waals surface area contributed by atoms with Gasteiger partial charge in [-0.3, -0.25) is 0 Å². The molecule has 0 fully saturated rings. The van der Waals surface area contributed by atoms with E-state index >= 15 is 0 Å². The minimum atomic E-state index is -1.21. The van der Waals surface area contributed by atoms with Crippen molar-refractivity contribution in [2.45, 2.75) is 19.1 Å². The number of nitrogens with zero attached hydrogens (tertiary/aromatic N) is 1. The number of imidazole rings is 1. The monoisotopic (exact) mass is 455 g/mol. The van der Waals surface area contributed by atoms with Crippen LogP contribution in [0.15, 0.2) is 94.3 Å². The average Bonchev–Trinajstić information content (AvgIpc) is 3.33. The minimum Gasteiger partial charge on any atom is -0.423 e. The number of aromatic nitrogens is 2. The smallest absolute Gasteiger partial charge is 0.336 e. The molecule has 0 saturated heterocycles. The lowest BCUT2D eigenvalue weighted by molar-refractivity contribution is 0.0979. The van der Waals surface area contributed by atoms with Gasteiger partial charge in [0.1, 0.15) is 17.0 Å². The maximum atomic E-state index is 13.3. The standard InChI is InChI=1S/C27H22FN3O3/c1-27(33,19-5-3-2-4-6-19)24-16-30-26(31-24)29-15-17-7-12-21-22(14-25(32)34-23(21)13-17)18-8-10-20(28)11-9-18/h2-14,16,33H,15H2,1H3,(H2,29,30,31). The van der Waals surface area contributed by atoms with Crippen LogP contribution in [0, 0.1) is 5.82 Å². The summed E-state index contributed by atoms with van der Waals surface area (Å²) < 4.78 is 18.7. The van der Waals surface area contributed by atoms with Gasteiger partial charge in [-0.25, -0.2) is 14.2 Å². The Balaban J connectivity index is 1.37. The summed E-state index contributed by atoms with van der Waals surface area (Å²) in [5, 5.41) is 14.9. The Hall–Kier alpha value is -4.23. The predicted molar refractivity (Wildman–Crippen MR) is 129 cm³/mol. The molecule has 0 radical (unpaired) electrons. The van der Waals surface area contributed by atoms with Crippen LogP contribution >= 0.6 is 0 Å². The third-order valence-corrected chi connectivity index (χ3v) is 5.86. The topological polar surface area (TPSA) is 91.2 Å². The first kappa shape index (κ1) is 21.6. The van der Waals surface area contributed by atoms with E-state index in [4.69, 9.17) is 4.42 Å². The Morgan fingerprint density at radius 1 is 1.06 bits per heavy atom. The molecule has 0 bridgehead atoms. The number of benzene rings is 3. The largest absolute Gasteiger partial charge is 0.423 e. The van der Waals surface area contributed by atoms with Gasteiger partial charge in [0.15, 0.2) is 0 Å². The van der Waals surface area contributed by atoms with Crippen molar-refractivity contribution in [3.8, 4) is 11.1 Å². The summed E-state index contributed by atoms with van der Waals surface area (Å²) in [4.78, 5) is 19.6. The molecule has 7 heteroatoms. The highest BCUT2D eigenvalue weighted by Crippen LogP contribution is 2.29. The van der Waals surface area contributed by atoms with Crippen LogP contribution in [-0.2, 0) is 12.1 Å². The van der Waals surface area contributed by atoms with Crippen LogP contribution in [-0.4, -0.2) is 15.1 Å². The number of hydrogen-bond donors (Lipinski definition) is 3. The first-order valence-electron chi connectivity index (χ1n) is 10.8. The molecule has 1 unspecified atom stereocenters. The van der Waals surface area contributed by atoms with Gasteiger partial charge >= 0.3 is 5.63 Å². The summed E-state index contributed by atoms with van der Waals surface area (Å²) >= 11 is 0. The molecule has 5 aromatic rings. The minimum absolute atomic E-state index is 0.337. The van der Waals surface area contributed by atoms with Gasteiger partial charge in [0, 0.05) is 18.0 Å². The summed E-state index contributed by atoms with van der Waals surface area (Å²) in [6.07, 6.45) is 1.60. The van der Waals surface area contributed by atoms with Crippen molar-refractivity contribution in [3.63, 3.8) is 0 Å². The third kappa shape index (κ3) is 4.21. The highest BCUT2D eigenvalue weighted by Gasteiger charge is 2.27. The van der Waals surface area contributed by atoms with Crippen molar-refractivity contribution >= 4 is 16.9 Å². The lowest BCUT2D eigenvalue weighted by Gasteiger charge is -2.22. The lowest BCUT2D eigenvalue weighted by atomic mass is 9.93. The Bertz CT molecular complexity index is 1510. The van der Waals surface area contributed by atoms with Crippen molar-refractivity contribution < 1.29 is 13.9 Å². The van der Waals surface area contributed by atoms with Crippen LogP contribution in [0.2, 0.25) is 0 Å². The molecule has 0 spiro atoms. The fraction of sp³-hybridized carbons (Fsp3) is 0.111. The highest BCUT2D eigenvalue weighted by molar-refractivity contribution is 5.93. The van der Waals surface area contributed by atoms with E-state index in [1.807, 2.05) is 42.5 Å². The third-order valence-electron chi connectivity index (χ3n) is 5.86. The summed E-state index contributed by atoms with van der Waals surface area (Å²) in [6.45, 7) is 2.13. The summed E-state index contributed by atoms with van der Waals surface area (Å²) in [5.41, 5.74) is 2.37. The predicted octanol–water partition coefficient (Wildman–Crippen LogP) is 5.19. The first-order chi connectivity index (χ1) is 16.4. The van der Waals surface area contributed by atoms with Crippen LogP contribution in [0.5, 0.6) is 0 Å². The van der Waals surface area contributed by atoms with Gasteiger partial charge in [-0.05, 0) is 47.4 Å². The second-order valence-electron chi connectivity index (χ2n) is 8.25. The fourth-order valence-electron chi connectivity index (χ4n) is 3.95. The Morgan fingerprint density at radius 2 is 1.82 bits per heavy atom. The molecule has 1 atom stereocenters. The zero-order valence-corrected chi connectivity index (χ0v) is 18.4. The van der Waals surface area contributed by atoms with Crippen molar-refractivity contribution in [2.75, 3.05) is 5.32 Å².